The highest BCUT2D eigenvalue weighted by Gasteiger charge is 2.16. The van der Waals surface area contributed by atoms with Gasteiger partial charge in [0.05, 0.1) is 12.1 Å². The zero-order valence-corrected chi connectivity index (χ0v) is 19.5. The van der Waals surface area contributed by atoms with Gasteiger partial charge < -0.3 is 5.32 Å². The molecule has 33 heavy (non-hydrogen) atoms. The summed E-state index contributed by atoms with van der Waals surface area (Å²) in [6, 6.07) is 20.8. The number of aryl methyl sites for hydroxylation is 1. The van der Waals surface area contributed by atoms with E-state index in [0.717, 1.165) is 11.1 Å². The number of thioether (sulfide) groups is 1. The van der Waals surface area contributed by atoms with Gasteiger partial charge in [-0.3, -0.25) is 14.6 Å². The highest BCUT2D eigenvalue weighted by atomic mass is 32.2. The van der Waals surface area contributed by atoms with E-state index in [2.05, 4.69) is 34.2 Å². The molecule has 0 aliphatic carbocycles. The van der Waals surface area contributed by atoms with Gasteiger partial charge in [-0.1, -0.05) is 56.3 Å². The number of nitrogens with one attached hydrogen (secondary N) is 2. The third kappa shape index (κ3) is 5.78. The standard InChI is InChI=1S/C25H25N5O2S/c1-16(2)33-20-11-9-18(10-12-20)14-24(32)27-22-15-21(19-7-5-4-6-8-19)29-30(22)25-26-17(3)13-23(31)28-25/h4-13,15-16H,14H2,1-3H3,(H,27,32)(H,26,28,31). The number of carbonyl (C=O) groups is 1. The normalized spacial score (nSPS) is 11.0. The summed E-state index contributed by atoms with van der Waals surface area (Å²) >= 11 is 1.78. The molecule has 8 heteroatoms. The van der Waals surface area contributed by atoms with Crippen LogP contribution in [0.4, 0.5) is 5.82 Å². The predicted octanol–water partition coefficient (Wildman–Crippen LogP) is 4.61. The van der Waals surface area contributed by atoms with Crippen LogP contribution in [0.1, 0.15) is 25.1 Å². The van der Waals surface area contributed by atoms with Crippen molar-refractivity contribution in [2.45, 2.75) is 37.3 Å². The van der Waals surface area contributed by atoms with Crippen molar-refractivity contribution in [3.05, 3.63) is 88.3 Å². The molecule has 2 N–H and O–H groups in total. The molecule has 0 fully saturated rings. The van der Waals surface area contributed by atoms with Crippen molar-refractivity contribution in [3.8, 4) is 17.2 Å². The van der Waals surface area contributed by atoms with Crippen molar-refractivity contribution in [2.75, 3.05) is 5.32 Å². The Balaban J connectivity index is 1.61. The van der Waals surface area contributed by atoms with Crippen LogP contribution < -0.4 is 10.9 Å². The average Bonchev–Trinajstić information content (AvgIpc) is 3.18. The summed E-state index contributed by atoms with van der Waals surface area (Å²) in [5.74, 6) is 0.488. The highest BCUT2D eigenvalue weighted by Crippen LogP contribution is 2.25. The number of rotatable bonds is 7. The van der Waals surface area contributed by atoms with Crippen LogP contribution in [-0.2, 0) is 11.2 Å². The largest absolute Gasteiger partial charge is 0.310 e. The van der Waals surface area contributed by atoms with E-state index in [1.807, 2.05) is 54.6 Å². The minimum absolute atomic E-state index is 0.185. The minimum Gasteiger partial charge on any atom is -0.310 e. The molecule has 0 aliphatic heterocycles. The second-order valence-electron chi connectivity index (χ2n) is 7.94. The molecule has 0 atom stereocenters. The fourth-order valence-electron chi connectivity index (χ4n) is 3.38. The number of aromatic amines is 1. The van der Waals surface area contributed by atoms with E-state index in [1.165, 1.54) is 15.6 Å². The van der Waals surface area contributed by atoms with Crippen LogP contribution in [-0.4, -0.2) is 30.9 Å². The van der Waals surface area contributed by atoms with Crippen LogP contribution in [0.3, 0.4) is 0 Å². The molecule has 4 rings (SSSR count). The molecule has 2 aromatic heterocycles. The third-order valence-electron chi connectivity index (χ3n) is 4.76. The van der Waals surface area contributed by atoms with Crippen molar-refractivity contribution in [3.63, 3.8) is 0 Å². The molecular weight excluding hydrogens is 434 g/mol. The monoisotopic (exact) mass is 459 g/mol. The first-order chi connectivity index (χ1) is 15.9. The van der Waals surface area contributed by atoms with Crippen molar-refractivity contribution in [1.29, 1.82) is 0 Å². The van der Waals surface area contributed by atoms with Gasteiger partial charge >= 0.3 is 0 Å². The Morgan fingerprint density at radius 2 is 1.82 bits per heavy atom. The first-order valence-electron chi connectivity index (χ1n) is 10.7. The Labute approximate surface area is 196 Å². The molecule has 0 radical (unpaired) electrons. The van der Waals surface area contributed by atoms with E-state index in [1.54, 1.807) is 24.8 Å². The fraction of sp³-hybridized carbons (Fsp3) is 0.200. The average molecular weight is 460 g/mol. The summed E-state index contributed by atoms with van der Waals surface area (Å²) in [5, 5.41) is 8.03. The molecule has 1 amide bonds. The van der Waals surface area contributed by atoms with Gasteiger partial charge in [-0.2, -0.15) is 9.78 Å². The molecule has 7 nitrogen and oxygen atoms in total. The zero-order chi connectivity index (χ0) is 23.4. The number of amides is 1. The van der Waals surface area contributed by atoms with E-state index in [4.69, 9.17) is 0 Å². The van der Waals surface area contributed by atoms with Gasteiger partial charge in [0.2, 0.25) is 11.9 Å². The van der Waals surface area contributed by atoms with Crippen LogP contribution in [0.5, 0.6) is 0 Å². The van der Waals surface area contributed by atoms with Crippen molar-refractivity contribution < 1.29 is 4.79 Å². The number of carbonyl (C=O) groups excluding carboxylic acids is 1. The topological polar surface area (TPSA) is 92.7 Å². The summed E-state index contributed by atoms with van der Waals surface area (Å²) in [4.78, 5) is 33.1. The number of hydrogen-bond donors (Lipinski definition) is 2. The lowest BCUT2D eigenvalue weighted by molar-refractivity contribution is -0.115. The summed E-state index contributed by atoms with van der Waals surface area (Å²) in [5.41, 5.74) is 2.73. The molecule has 0 saturated heterocycles. The van der Waals surface area contributed by atoms with Crippen molar-refractivity contribution in [2.24, 2.45) is 0 Å². The second kappa shape index (κ2) is 9.87. The molecule has 0 spiro atoms. The maximum absolute atomic E-state index is 12.9. The predicted molar refractivity (Wildman–Crippen MR) is 132 cm³/mol. The SMILES string of the molecule is Cc1cc(=O)[nH]c(-n2nc(-c3ccccc3)cc2NC(=O)Cc2ccc(SC(C)C)cc2)n1. The van der Waals surface area contributed by atoms with Gasteiger partial charge in [-0.05, 0) is 24.6 Å². The minimum atomic E-state index is -0.286. The maximum Gasteiger partial charge on any atom is 0.252 e. The summed E-state index contributed by atoms with van der Waals surface area (Å²) in [6.45, 7) is 6.03. The summed E-state index contributed by atoms with van der Waals surface area (Å²) < 4.78 is 1.46. The zero-order valence-electron chi connectivity index (χ0n) is 18.7. The molecule has 2 heterocycles. The molecule has 0 bridgehead atoms. The lowest BCUT2D eigenvalue weighted by Crippen LogP contribution is -2.20. The molecule has 2 aromatic carbocycles. The second-order valence-corrected chi connectivity index (χ2v) is 9.59. The van der Waals surface area contributed by atoms with E-state index >= 15 is 0 Å². The number of nitrogens with zero attached hydrogens (tertiary/aromatic N) is 3. The smallest absolute Gasteiger partial charge is 0.252 e. The number of aromatic nitrogens is 4. The highest BCUT2D eigenvalue weighted by molar-refractivity contribution is 7.99. The molecular formula is C25H25N5O2S. The van der Waals surface area contributed by atoms with Gasteiger partial charge in [0.15, 0.2) is 0 Å². The maximum atomic E-state index is 12.9. The van der Waals surface area contributed by atoms with E-state index in [9.17, 15) is 9.59 Å². The van der Waals surface area contributed by atoms with Crippen LogP contribution in [0.25, 0.3) is 17.2 Å². The van der Waals surface area contributed by atoms with Gasteiger partial charge in [0.1, 0.15) is 5.82 Å². The molecule has 0 unspecified atom stereocenters. The molecule has 168 valence electrons. The number of benzene rings is 2. The Hall–Kier alpha value is -3.65. The van der Waals surface area contributed by atoms with Crippen LogP contribution in [0.15, 0.2) is 76.4 Å². The Bertz CT molecular complexity index is 1310. The fourth-order valence-corrected chi connectivity index (χ4v) is 4.21. The van der Waals surface area contributed by atoms with E-state index < -0.39 is 0 Å². The van der Waals surface area contributed by atoms with Gasteiger partial charge in [0.25, 0.3) is 5.56 Å². The van der Waals surface area contributed by atoms with Gasteiger partial charge in [0, 0.05) is 33.5 Å². The Kier molecular flexibility index (Phi) is 6.74. The first-order valence-corrected chi connectivity index (χ1v) is 11.5. The lowest BCUT2D eigenvalue weighted by atomic mass is 10.1. The molecule has 0 aliphatic rings. The summed E-state index contributed by atoms with van der Waals surface area (Å²) in [7, 11) is 0. The van der Waals surface area contributed by atoms with Gasteiger partial charge in [-0.15, -0.1) is 11.8 Å². The third-order valence-corrected chi connectivity index (χ3v) is 5.78. The van der Waals surface area contributed by atoms with E-state index in [-0.39, 0.29) is 23.8 Å². The Morgan fingerprint density at radius 1 is 1.09 bits per heavy atom. The van der Waals surface area contributed by atoms with Gasteiger partial charge in [-0.25, -0.2) is 4.98 Å². The number of hydrogen-bond acceptors (Lipinski definition) is 5. The van der Waals surface area contributed by atoms with Crippen molar-refractivity contribution >= 4 is 23.5 Å². The quantitative estimate of drug-likeness (QED) is 0.394. The Morgan fingerprint density at radius 3 is 2.48 bits per heavy atom. The molecule has 4 aromatic rings. The number of anilines is 1. The summed E-state index contributed by atoms with van der Waals surface area (Å²) in [6.07, 6.45) is 0.218. The van der Waals surface area contributed by atoms with Crippen LogP contribution >= 0.6 is 11.8 Å². The van der Waals surface area contributed by atoms with E-state index in [0.29, 0.717) is 22.5 Å². The lowest BCUT2D eigenvalue weighted by Gasteiger charge is -2.09. The van der Waals surface area contributed by atoms with Crippen LogP contribution in [0.2, 0.25) is 0 Å². The van der Waals surface area contributed by atoms with Crippen molar-refractivity contribution in [1.82, 2.24) is 19.7 Å². The number of H-pyrrole nitrogens is 1. The van der Waals surface area contributed by atoms with Crippen LogP contribution in [0, 0.1) is 6.92 Å². The first kappa shape index (κ1) is 22.5. The molecule has 0 saturated carbocycles.